The first kappa shape index (κ1) is 20.7. The lowest BCUT2D eigenvalue weighted by atomic mass is 10.1. The molecule has 2 aromatic carbocycles. The van der Waals surface area contributed by atoms with Crippen LogP contribution in [0.15, 0.2) is 42.5 Å². The summed E-state index contributed by atoms with van der Waals surface area (Å²) in [4.78, 5) is 4.55. The van der Waals surface area contributed by atoms with Crippen molar-refractivity contribution in [3.05, 3.63) is 65.0 Å². The second kappa shape index (κ2) is 9.96. The van der Waals surface area contributed by atoms with Crippen LogP contribution < -0.4 is 5.32 Å². The van der Waals surface area contributed by atoms with Crippen LogP contribution in [0.3, 0.4) is 0 Å². The number of hydrogen-bond acceptors (Lipinski definition) is 3. The maximum atomic E-state index is 13.3. The van der Waals surface area contributed by atoms with E-state index in [1.165, 1.54) is 12.1 Å². The van der Waals surface area contributed by atoms with Crippen LogP contribution in [0.1, 0.15) is 16.7 Å². The predicted octanol–water partition coefficient (Wildman–Crippen LogP) is 3.97. The van der Waals surface area contributed by atoms with E-state index in [0.29, 0.717) is 11.7 Å². The zero-order chi connectivity index (χ0) is 19.9. The summed E-state index contributed by atoms with van der Waals surface area (Å²) in [5.41, 5.74) is 4.42. The van der Waals surface area contributed by atoms with Crippen molar-refractivity contribution in [2.75, 3.05) is 44.7 Å². The van der Waals surface area contributed by atoms with Gasteiger partial charge in [-0.1, -0.05) is 30.3 Å². The van der Waals surface area contributed by atoms with E-state index in [0.717, 1.165) is 61.8 Å². The van der Waals surface area contributed by atoms with Crippen molar-refractivity contribution in [3.63, 3.8) is 0 Å². The second-order valence-electron chi connectivity index (χ2n) is 7.20. The van der Waals surface area contributed by atoms with E-state index in [2.05, 4.69) is 41.1 Å². The molecule has 1 N–H and O–H groups in total. The van der Waals surface area contributed by atoms with Crippen LogP contribution in [0.2, 0.25) is 0 Å². The molecule has 0 amide bonds. The first-order valence-corrected chi connectivity index (χ1v) is 10.1. The van der Waals surface area contributed by atoms with Crippen LogP contribution in [0.25, 0.3) is 0 Å². The molecule has 0 saturated carbocycles. The summed E-state index contributed by atoms with van der Waals surface area (Å²) in [7, 11) is 0. The molecule has 1 aliphatic rings. The fraction of sp³-hybridized carbons (Fsp3) is 0.409. The Morgan fingerprint density at radius 2 is 1.75 bits per heavy atom. The second-order valence-corrected chi connectivity index (χ2v) is 7.59. The van der Waals surface area contributed by atoms with Gasteiger partial charge < -0.3 is 15.0 Å². The number of ether oxygens (including phenoxy) is 1. The third-order valence-corrected chi connectivity index (χ3v) is 5.44. The first-order valence-electron chi connectivity index (χ1n) is 9.69. The molecule has 1 heterocycles. The van der Waals surface area contributed by atoms with E-state index in [1.54, 1.807) is 0 Å². The number of para-hydroxylation sites is 1. The smallest absolute Gasteiger partial charge is 0.173 e. The quantitative estimate of drug-likeness (QED) is 0.740. The van der Waals surface area contributed by atoms with Gasteiger partial charge in [0.05, 0.1) is 13.2 Å². The maximum absolute atomic E-state index is 13.3. The Hall–Kier alpha value is -2.02. The van der Waals surface area contributed by atoms with Crippen LogP contribution in [0.5, 0.6) is 0 Å². The van der Waals surface area contributed by atoms with Gasteiger partial charge in [0.25, 0.3) is 0 Å². The summed E-state index contributed by atoms with van der Waals surface area (Å²) in [6.07, 6.45) is 0. The molecule has 1 saturated heterocycles. The van der Waals surface area contributed by atoms with Gasteiger partial charge in [-0.25, -0.2) is 4.39 Å². The van der Waals surface area contributed by atoms with Gasteiger partial charge in [0.15, 0.2) is 5.11 Å². The number of morpholine rings is 1. The van der Waals surface area contributed by atoms with Gasteiger partial charge in [-0.05, 0) is 54.9 Å². The largest absolute Gasteiger partial charge is 0.379 e. The highest BCUT2D eigenvalue weighted by Crippen LogP contribution is 2.20. The van der Waals surface area contributed by atoms with Crippen molar-refractivity contribution in [1.29, 1.82) is 0 Å². The molecule has 1 fully saturated rings. The van der Waals surface area contributed by atoms with E-state index in [9.17, 15) is 4.39 Å². The molecular formula is C22H28FN3OS. The van der Waals surface area contributed by atoms with Gasteiger partial charge in [0.1, 0.15) is 5.82 Å². The Labute approximate surface area is 172 Å². The molecule has 0 radical (unpaired) electrons. The molecule has 3 rings (SSSR count). The number of benzene rings is 2. The highest BCUT2D eigenvalue weighted by Gasteiger charge is 2.16. The maximum Gasteiger partial charge on any atom is 0.173 e. The Bertz CT molecular complexity index is 771. The van der Waals surface area contributed by atoms with Gasteiger partial charge in [0, 0.05) is 38.4 Å². The average molecular weight is 402 g/mol. The summed E-state index contributed by atoms with van der Waals surface area (Å²) in [6, 6.07) is 12.8. The van der Waals surface area contributed by atoms with Crippen LogP contribution in [0.4, 0.5) is 10.1 Å². The van der Waals surface area contributed by atoms with Crippen molar-refractivity contribution in [3.8, 4) is 0 Å². The Morgan fingerprint density at radius 1 is 1.11 bits per heavy atom. The normalized spacial score (nSPS) is 14.7. The minimum absolute atomic E-state index is 0.222. The molecule has 150 valence electrons. The summed E-state index contributed by atoms with van der Waals surface area (Å²) in [6.45, 7) is 9.97. The van der Waals surface area contributed by atoms with Gasteiger partial charge in [-0.2, -0.15) is 0 Å². The number of anilines is 1. The summed E-state index contributed by atoms with van der Waals surface area (Å²) in [5.74, 6) is -0.222. The van der Waals surface area contributed by atoms with Crippen molar-refractivity contribution < 1.29 is 9.13 Å². The molecule has 0 aromatic heterocycles. The lowest BCUT2D eigenvalue weighted by Crippen LogP contribution is -2.44. The standard InChI is InChI=1S/C22H28FN3OS/c1-17-4-3-5-18(2)21(17)24-22(28)26(11-10-25-12-14-27-15-13-25)16-19-6-8-20(23)9-7-19/h3-9H,10-16H2,1-2H3,(H,24,28). The van der Waals surface area contributed by atoms with Gasteiger partial charge >= 0.3 is 0 Å². The fourth-order valence-electron chi connectivity index (χ4n) is 3.35. The zero-order valence-electron chi connectivity index (χ0n) is 16.6. The van der Waals surface area contributed by atoms with Crippen LogP contribution in [-0.2, 0) is 11.3 Å². The van der Waals surface area contributed by atoms with Crippen molar-refractivity contribution in [2.24, 2.45) is 0 Å². The lowest BCUT2D eigenvalue weighted by Gasteiger charge is -2.32. The first-order chi connectivity index (χ1) is 13.5. The van der Waals surface area contributed by atoms with Crippen LogP contribution in [0, 0.1) is 19.7 Å². The monoisotopic (exact) mass is 401 g/mol. The number of hydrogen-bond donors (Lipinski definition) is 1. The molecule has 0 atom stereocenters. The van der Waals surface area contributed by atoms with Crippen LogP contribution in [-0.4, -0.2) is 54.3 Å². The fourth-order valence-corrected chi connectivity index (χ4v) is 3.61. The third kappa shape index (κ3) is 5.74. The van der Waals surface area contributed by atoms with Gasteiger partial charge in [0.2, 0.25) is 0 Å². The van der Waals surface area contributed by atoms with Gasteiger partial charge in [-0.15, -0.1) is 0 Å². The topological polar surface area (TPSA) is 27.7 Å². The summed E-state index contributed by atoms with van der Waals surface area (Å²) in [5, 5.41) is 4.13. The third-order valence-electron chi connectivity index (χ3n) is 5.08. The minimum atomic E-state index is -0.222. The molecule has 0 aliphatic carbocycles. The molecule has 0 spiro atoms. The molecule has 0 bridgehead atoms. The van der Waals surface area contributed by atoms with Crippen molar-refractivity contribution in [2.45, 2.75) is 20.4 Å². The summed E-state index contributed by atoms with van der Waals surface area (Å²) < 4.78 is 18.7. The Morgan fingerprint density at radius 3 is 2.39 bits per heavy atom. The number of nitrogens with one attached hydrogen (secondary N) is 1. The highest BCUT2D eigenvalue weighted by molar-refractivity contribution is 7.80. The average Bonchev–Trinajstić information content (AvgIpc) is 2.70. The van der Waals surface area contributed by atoms with E-state index < -0.39 is 0 Å². The number of halogens is 1. The number of thiocarbonyl (C=S) groups is 1. The molecule has 2 aromatic rings. The highest BCUT2D eigenvalue weighted by atomic mass is 32.1. The number of aryl methyl sites for hydroxylation is 2. The van der Waals surface area contributed by atoms with Crippen molar-refractivity contribution in [1.82, 2.24) is 9.80 Å². The van der Waals surface area contributed by atoms with E-state index in [4.69, 9.17) is 17.0 Å². The Balaban J connectivity index is 1.71. The lowest BCUT2D eigenvalue weighted by molar-refractivity contribution is 0.0358. The SMILES string of the molecule is Cc1cccc(C)c1NC(=S)N(CCN1CCOCC1)Cc1ccc(F)cc1. The van der Waals surface area contributed by atoms with Crippen LogP contribution >= 0.6 is 12.2 Å². The zero-order valence-corrected chi connectivity index (χ0v) is 17.4. The molecule has 4 nitrogen and oxygen atoms in total. The molecule has 6 heteroatoms. The van der Waals surface area contributed by atoms with E-state index in [1.807, 2.05) is 18.2 Å². The predicted molar refractivity (Wildman–Crippen MR) is 116 cm³/mol. The molecular weight excluding hydrogens is 373 g/mol. The summed E-state index contributed by atoms with van der Waals surface area (Å²) >= 11 is 5.77. The number of nitrogens with zero attached hydrogens (tertiary/aromatic N) is 2. The van der Waals surface area contributed by atoms with E-state index >= 15 is 0 Å². The van der Waals surface area contributed by atoms with Gasteiger partial charge in [-0.3, -0.25) is 4.90 Å². The van der Waals surface area contributed by atoms with Crippen molar-refractivity contribution >= 4 is 23.0 Å². The molecule has 0 unspecified atom stereocenters. The Kier molecular flexibility index (Phi) is 7.36. The molecule has 1 aliphatic heterocycles. The number of rotatable bonds is 6. The molecule has 28 heavy (non-hydrogen) atoms. The minimum Gasteiger partial charge on any atom is -0.379 e. The van der Waals surface area contributed by atoms with E-state index in [-0.39, 0.29) is 5.82 Å².